The normalized spacial score (nSPS) is 15.9. The van der Waals surface area contributed by atoms with E-state index in [1.807, 2.05) is 0 Å². The van der Waals surface area contributed by atoms with E-state index in [9.17, 15) is 8.42 Å². The predicted octanol–water partition coefficient (Wildman–Crippen LogP) is 2.36. The van der Waals surface area contributed by atoms with E-state index in [-0.39, 0.29) is 4.90 Å². The monoisotopic (exact) mass is 436 g/mol. The second-order valence-electron chi connectivity index (χ2n) is 6.95. The zero-order chi connectivity index (χ0) is 20.7. The fourth-order valence-corrected chi connectivity index (χ4v) is 4.62. The highest BCUT2D eigenvalue weighted by atomic mass is 32.2. The van der Waals surface area contributed by atoms with Crippen LogP contribution in [0.5, 0.6) is 5.75 Å². The molecule has 1 fully saturated rings. The number of anilines is 1. The highest BCUT2D eigenvalue weighted by molar-refractivity contribution is 7.90. The Kier molecular flexibility index (Phi) is 7.38. The van der Waals surface area contributed by atoms with Crippen molar-refractivity contribution in [2.75, 3.05) is 44.4 Å². The van der Waals surface area contributed by atoms with E-state index in [1.165, 1.54) is 11.3 Å². The lowest BCUT2D eigenvalue weighted by Gasteiger charge is -2.33. The first-order chi connectivity index (χ1) is 14.0. The number of nitrogens with zero attached hydrogens (tertiary/aromatic N) is 2. The molecule has 0 unspecified atom stereocenters. The zero-order valence-electron chi connectivity index (χ0n) is 16.8. The summed E-state index contributed by atoms with van der Waals surface area (Å²) < 4.78 is 28.6. The molecular weight excluding hydrogens is 408 g/mol. The van der Waals surface area contributed by atoms with Crippen molar-refractivity contribution >= 4 is 32.1 Å². The van der Waals surface area contributed by atoms with Crippen LogP contribution in [0.25, 0.3) is 0 Å². The molecule has 1 aliphatic rings. The molecule has 1 aromatic heterocycles. The van der Waals surface area contributed by atoms with Crippen LogP contribution in [-0.2, 0) is 9.84 Å². The summed E-state index contributed by atoms with van der Waals surface area (Å²) in [7, 11) is -1.42. The first-order valence-corrected chi connectivity index (χ1v) is 12.4. The molecule has 29 heavy (non-hydrogen) atoms. The Bertz CT molecular complexity index is 888. The number of nitrogens with one attached hydrogen (secondary N) is 2. The third-order valence-corrected chi connectivity index (χ3v) is 6.85. The number of rotatable bonds is 7. The fourth-order valence-electron chi connectivity index (χ4n) is 3.20. The number of aliphatic imine (C=N–C) groups is 1. The van der Waals surface area contributed by atoms with E-state index >= 15 is 0 Å². The third-order valence-electron chi connectivity index (χ3n) is 4.79. The molecule has 2 aromatic rings. The van der Waals surface area contributed by atoms with Gasteiger partial charge in [-0.3, -0.25) is 4.99 Å². The molecule has 0 bridgehead atoms. The minimum absolute atomic E-state index is 0.290. The van der Waals surface area contributed by atoms with E-state index in [1.54, 1.807) is 42.6 Å². The van der Waals surface area contributed by atoms with Gasteiger partial charge in [0.2, 0.25) is 0 Å². The second kappa shape index (κ2) is 9.98. The molecular formula is C20H28N4O3S2. The summed E-state index contributed by atoms with van der Waals surface area (Å²) in [5.41, 5.74) is 0. The molecule has 0 saturated carbocycles. The minimum Gasteiger partial charge on any atom is -0.492 e. The first-order valence-electron chi connectivity index (χ1n) is 9.64. The van der Waals surface area contributed by atoms with Crippen molar-refractivity contribution in [1.29, 1.82) is 0 Å². The Morgan fingerprint density at radius 3 is 2.55 bits per heavy atom. The van der Waals surface area contributed by atoms with Gasteiger partial charge in [-0.15, -0.1) is 11.3 Å². The second-order valence-corrected chi connectivity index (χ2v) is 9.89. The van der Waals surface area contributed by atoms with E-state index in [0.29, 0.717) is 24.9 Å². The van der Waals surface area contributed by atoms with Crippen LogP contribution in [0.3, 0.4) is 0 Å². The van der Waals surface area contributed by atoms with Crippen LogP contribution in [0.15, 0.2) is 51.7 Å². The highest BCUT2D eigenvalue weighted by Crippen LogP contribution is 2.24. The van der Waals surface area contributed by atoms with Gasteiger partial charge in [0.15, 0.2) is 15.8 Å². The summed E-state index contributed by atoms with van der Waals surface area (Å²) in [6, 6.07) is 11.1. The topological polar surface area (TPSA) is 83.0 Å². The van der Waals surface area contributed by atoms with Crippen LogP contribution in [0.1, 0.15) is 12.8 Å². The fraction of sp³-hybridized carbons (Fsp3) is 0.450. The van der Waals surface area contributed by atoms with Crippen LogP contribution in [0.2, 0.25) is 0 Å². The number of benzene rings is 1. The van der Waals surface area contributed by atoms with Crippen molar-refractivity contribution in [3.05, 3.63) is 41.8 Å². The Morgan fingerprint density at radius 2 is 1.97 bits per heavy atom. The van der Waals surface area contributed by atoms with Crippen molar-refractivity contribution in [2.45, 2.75) is 23.8 Å². The van der Waals surface area contributed by atoms with Crippen molar-refractivity contribution in [3.8, 4) is 5.75 Å². The number of hydrogen-bond acceptors (Lipinski definition) is 6. The maximum Gasteiger partial charge on any atom is 0.191 e. The van der Waals surface area contributed by atoms with Gasteiger partial charge in [0.25, 0.3) is 0 Å². The summed E-state index contributed by atoms with van der Waals surface area (Å²) in [6.45, 7) is 3.14. The van der Waals surface area contributed by atoms with Gasteiger partial charge in [0, 0.05) is 32.4 Å². The molecule has 1 saturated heterocycles. The average Bonchev–Trinajstić information content (AvgIpc) is 3.25. The molecule has 7 nitrogen and oxygen atoms in total. The van der Waals surface area contributed by atoms with Crippen molar-refractivity contribution in [1.82, 2.24) is 10.6 Å². The summed E-state index contributed by atoms with van der Waals surface area (Å²) in [5.74, 6) is 1.42. The Morgan fingerprint density at radius 1 is 1.24 bits per heavy atom. The van der Waals surface area contributed by atoms with Crippen LogP contribution < -0.4 is 20.3 Å². The summed E-state index contributed by atoms with van der Waals surface area (Å²) >= 11 is 1.79. The summed E-state index contributed by atoms with van der Waals surface area (Å²) in [5, 5.41) is 10.2. The quantitative estimate of drug-likeness (QED) is 0.394. The number of sulfone groups is 1. The SMILES string of the molecule is CN=C(NCCOc1ccc(S(C)(=O)=O)cc1)NC1CCN(c2cccs2)CC1. The van der Waals surface area contributed by atoms with Gasteiger partial charge in [-0.1, -0.05) is 0 Å². The summed E-state index contributed by atoms with van der Waals surface area (Å²) in [6.07, 6.45) is 3.33. The number of hydrogen-bond donors (Lipinski definition) is 2. The highest BCUT2D eigenvalue weighted by Gasteiger charge is 2.20. The van der Waals surface area contributed by atoms with Gasteiger partial charge in [-0.05, 0) is 54.6 Å². The lowest BCUT2D eigenvalue weighted by Crippen LogP contribution is -2.49. The molecule has 2 N–H and O–H groups in total. The number of thiophene rings is 1. The average molecular weight is 437 g/mol. The molecule has 2 heterocycles. The van der Waals surface area contributed by atoms with Crippen molar-refractivity contribution < 1.29 is 13.2 Å². The van der Waals surface area contributed by atoms with E-state index < -0.39 is 9.84 Å². The molecule has 158 valence electrons. The molecule has 0 amide bonds. The van der Waals surface area contributed by atoms with Crippen molar-refractivity contribution in [3.63, 3.8) is 0 Å². The number of guanidine groups is 1. The molecule has 0 aliphatic carbocycles. The minimum atomic E-state index is -3.18. The lowest BCUT2D eigenvalue weighted by atomic mass is 10.1. The molecule has 0 radical (unpaired) electrons. The van der Waals surface area contributed by atoms with Gasteiger partial charge >= 0.3 is 0 Å². The van der Waals surface area contributed by atoms with Crippen LogP contribution in [0, 0.1) is 0 Å². The van der Waals surface area contributed by atoms with E-state index in [0.717, 1.165) is 31.9 Å². The molecule has 1 aliphatic heterocycles. The Balaban J connectivity index is 1.36. The number of ether oxygens (including phenoxy) is 1. The smallest absolute Gasteiger partial charge is 0.191 e. The Labute approximate surface area is 176 Å². The van der Waals surface area contributed by atoms with Crippen LogP contribution >= 0.6 is 11.3 Å². The van der Waals surface area contributed by atoms with Gasteiger partial charge < -0.3 is 20.3 Å². The standard InChI is InChI=1S/C20H28N4O3S2/c1-21-20(23-16-9-12-24(13-10-16)19-4-3-15-28-19)22-11-14-27-17-5-7-18(8-6-17)29(2,25)26/h3-8,15-16H,9-14H2,1-2H3,(H2,21,22,23). The van der Waals surface area contributed by atoms with Crippen molar-refractivity contribution in [2.24, 2.45) is 4.99 Å². The molecule has 9 heteroatoms. The Hall–Kier alpha value is -2.26. The zero-order valence-corrected chi connectivity index (χ0v) is 18.4. The third kappa shape index (κ3) is 6.37. The van der Waals surface area contributed by atoms with Gasteiger partial charge in [-0.2, -0.15) is 0 Å². The van der Waals surface area contributed by atoms with E-state index in [4.69, 9.17) is 4.74 Å². The molecule has 3 rings (SSSR count). The van der Waals surface area contributed by atoms with Crippen LogP contribution in [-0.4, -0.2) is 60.0 Å². The molecule has 0 atom stereocenters. The molecule has 0 spiro atoms. The molecule has 1 aromatic carbocycles. The van der Waals surface area contributed by atoms with Crippen LogP contribution in [0.4, 0.5) is 5.00 Å². The summed E-state index contributed by atoms with van der Waals surface area (Å²) in [4.78, 5) is 7.02. The lowest BCUT2D eigenvalue weighted by molar-refractivity contribution is 0.321. The predicted molar refractivity (Wildman–Crippen MR) is 119 cm³/mol. The maximum absolute atomic E-state index is 11.5. The maximum atomic E-state index is 11.5. The van der Waals surface area contributed by atoms with Gasteiger partial charge in [0.1, 0.15) is 12.4 Å². The number of piperidine rings is 1. The van der Waals surface area contributed by atoms with E-state index in [2.05, 4.69) is 38.0 Å². The van der Waals surface area contributed by atoms with Gasteiger partial charge in [0.05, 0.1) is 16.4 Å². The van der Waals surface area contributed by atoms with Gasteiger partial charge in [-0.25, -0.2) is 8.42 Å². The first kappa shape index (κ1) is 21.4. The largest absolute Gasteiger partial charge is 0.492 e.